The minimum Gasteiger partial charge on any atom is -0.368 e. The number of nitrogens with one attached hydrogen (secondary N) is 2. The van der Waals surface area contributed by atoms with Crippen LogP contribution in [0.2, 0.25) is 0 Å². The number of carbonyl (C=O) groups excluding carboxylic acids is 1. The first-order valence-electron chi connectivity index (χ1n) is 11.9. The number of anilines is 2. The molecule has 2 aliphatic heterocycles. The second-order valence-electron chi connectivity index (χ2n) is 8.96. The summed E-state index contributed by atoms with van der Waals surface area (Å²) in [5.41, 5.74) is 5.06. The molecule has 3 aromatic rings. The highest BCUT2D eigenvalue weighted by Gasteiger charge is 2.23. The Balaban J connectivity index is 1.01. The van der Waals surface area contributed by atoms with E-state index in [4.69, 9.17) is 0 Å². The summed E-state index contributed by atoms with van der Waals surface area (Å²) in [5.74, 6) is 0.738. The lowest BCUT2D eigenvalue weighted by atomic mass is 9.94. The third kappa shape index (κ3) is 5.63. The van der Waals surface area contributed by atoms with E-state index < -0.39 is 0 Å². The van der Waals surface area contributed by atoms with E-state index in [1.165, 1.54) is 28.7 Å². The van der Waals surface area contributed by atoms with Crippen LogP contribution in [0.1, 0.15) is 19.3 Å². The highest BCUT2D eigenvalue weighted by molar-refractivity contribution is 7.17. The minimum absolute atomic E-state index is 0.197. The van der Waals surface area contributed by atoms with Gasteiger partial charge in [0.1, 0.15) is 0 Å². The summed E-state index contributed by atoms with van der Waals surface area (Å²) in [6, 6.07) is 12.4. The van der Waals surface area contributed by atoms with Crippen LogP contribution in [0.3, 0.4) is 0 Å². The molecule has 0 spiro atoms. The molecule has 0 bridgehead atoms. The fourth-order valence-corrected chi connectivity index (χ4v) is 5.71. The summed E-state index contributed by atoms with van der Waals surface area (Å²) in [6.07, 6.45) is 6.85. The molecule has 2 aliphatic rings. The molecule has 0 atom stereocenters. The molecule has 0 unspecified atom stereocenters. The van der Waals surface area contributed by atoms with E-state index in [1.807, 2.05) is 28.5 Å². The molecule has 0 aliphatic carbocycles. The summed E-state index contributed by atoms with van der Waals surface area (Å²) in [7, 11) is 0. The van der Waals surface area contributed by atoms with Crippen LogP contribution >= 0.6 is 11.3 Å². The van der Waals surface area contributed by atoms with Gasteiger partial charge in [-0.2, -0.15) is 0 Å². The van der Waals surface area contributed by atoms with Crippen molar-refractivity contribution in [1.29, 1.82) is 0 Å². The van der Waals surface area contributed by atoms with Gasteiger partial charge in [0.2, 0.25) is 0 Å². The van der Waals surface area contributed by atoms with Crippen molar-refractivity contribution in [2.45, 2.75) is 19.3 Å². The van der Waals surface area contributed by atoms with Gasteiger partial charge in [0.05, 0.1) is 11.9 Å². The molecule has 1 aromatic carbocycles. The Morgan fingerprint density at radius 2 is 1.88 bits per heavy atom. The number of urea groups is 1. The van der Waals surface area contributed by atoms with Gasteiger partial charge in [-0.3, -0.25) is 15.3 Å². The Labute approximate surface area is 199 Å². The van der Waals surface area contributed by atoms with Crippen molar-refractivity contribution in [2.75, 3.05) is 56.0 Å². The zero-order valence-electron chi connectivity index (χ0n) is 18.9. The average molecular weight is 465 g/mol. The fourth-order valence-electron chi connectivity index (χ4n) is 4.90. The van der Waals surface area contributed by atoms with E-state index in [9.17, 15) is 4.79 Å². The first-order valence-corrected chi connectivity index (χ1v) is 12.8. The quantitative estimate of drug-likeness (QED) is 0.571. The van der Waals surface area contributed by atoms with Gasteiger partial charge >= 0.3 is 6.03 Å². The molecule has 7 nitrogen and oxygen atoms in total. The van der Waals surface area contributed by atoms with E-state index >= 15 is 0 Å². The number of hydrogen-bond donors (Lipinski definition) is 2. The standard InChI is InChI=1S/C25H32N6OS/c32-25(27-21-3-2-10-26-19-21)28-31-12-7-20(8-13-31)6-11-29-14-16-30(17-15-29)23-4-1-5-24-22(23)9-18-33-24/h1-5,9-10,18-20H,6-8,11-17H2,(H2,27,28,32). The largest absolute Gasteiger partial charge is 0.368 e. The number of carbonyl (C=O) groups is 1. The number of piperidine rings is 1. The molecule has 2 amide bonds. The van der Waals surface area contributed by atoms with Crippen LogP contribution in [0.25, 0.3) is 10.1 Å². The zero-order valence-corrected chi connectivity index (χ0v) is 19.8. The van der Waals surface area contributed by atoms with Gasteiger partial charge in [-0.05, 0) is 67.4 Å². The minimum atomic E-state index is -0.197. The van der Waals surface area contributed by atoms with E-state index in [-0.39, 0.29) is 6.03 Å². The van der Waals surface area contributed by atoms with E-state index in [0.717, 1.165) is 58.0 Å². The van der Waals surface area contributed by atoms with Crippen molar-refractivity contribution in [3.63, 3.8) is 0 Å². The van der Waals surface area contributed by atoms with Crippen LogP contribution < -0.4 is 15.6 Å². The number of aromatic nitrogens is 1. The fraction of sp³-hybridized carbons (Fsp3) is 0.440. The number of fused-ring (bicyclic) bond motifs is 1. The Hall–Kier alpha value is -2.68. The molecule has 2 aromatic heterocycles. The third-order valence-corrected chi connectivity index (χ3v) is 7.72. The van der Waals surface area contributed by atoms with Gasteiger partial charge < -0.3 is 10.2 Å². The molecule has 8 heteroatoms. The third-order valence-electron chi connectivity index (χ3n) is 6.83. The maximum absolute atomic E-state index is 12.2. The Morgan fingerprint density at radius 1 is 1.03 bits per heavy atom. The lowest BCUT2D eigenvalue weighted by Crippen LogP contribution is -2.49. The number of hydrazine groups is 1. The van der Waals surface area contributed by atoms with Crippen molar-refractivity contribution >= 4 is 38.8 Å². The van der Waals surface area contributed by atoms with Crippen LogP contribution in [0.15, 0.2) is 54.2 Å². The number of amides is 2. The van der Waals surface area contributed by atoms with Crippen LogP contribution in [0.4, 0.5) is 16.2 Å². The highest BCUT2D eigenvalue weighted by atomic mass is 32.1. The summed E-state index contributed by atoms with van der Waals surface area (Å²) >= 11 is 1.82. The van der Waals surface area contributed by atoms with Gasteiger partial charge in [-0.25, -0.2) is 9.80 Å². The second-order valence-corrected chi connectivity index (χ2v) is 9.91. The monoisotopic (exact) mass is 464 g/mol. The molecule has 0 saturated carbocycles. The molecule has 2 N–H and O–H groups in total. The lowest BCUT2D eigenvalue weighted by Gasteiger charge is -2.38. The first-order chi connectivity index (χ1) is 16.2. The maximum atomic E-state index is 12.2. The smallest absolute Gasteiger partial charge is 0.333 e. The summed E-state index contributed by atoms with van der Waals surface area (Å²) in [6.45, 7) is 7.46. The van der Waals surface area contributed by atoms with Crippen molar-refractivity contribution in [3.8, 4) is 0 Å². The average Bonchev–Trinajstić information content (AvgIpc) is 3.34. The number of benzene rings is 1. The number of rotatable bonds is 6. The van der Waals surface area contributed by atoms with Crippen LogP contribution in [-0.4, -0.2) is 66.7 Å². The van der Waals surface area contributed by atoms with Gasteiger partial charge in [0.15, 0.2) is 0 Å². The molecular formula is C25H32N6OS. The Bertz CT molecular complexity index is 1040. The predicted octanol–water partition coefficient (Wildman–Crippen LogP) is 4.26. The molecule has 33 heavy (non-hydrogen) atoms. The molecule has 5 rings (SSSR count). The number of hydrogen-bond acceptors (Lipinski definition) is 6. The van der Waals surface area contributed by atoms with Crippen molar-refractivity contribution in [3.05, 3.63) is 54.2 Å². The molecule has 174 valence electrons. The van der Waals surface area contributed by atoms with E-state index in [2.05, 4.69) is 55.2 Å². The van der Waals surface area contributed by atoms with Crippen molar-refractivity contribution < 1.29 is 4.79 Å². The highest BCUT2D eigenvalue weighted by Crippen LogP contribution is 2.31. The summed E-state index contributed by atoms with van der Waals surface area (Å²) in [4.78, 5) is 21.4. The maximum Gasteiger partial charge on any atom is 0.333 e. The summed E-state index contributed by atoms with van der Waals surface area (Å²) in [5, 5.41) is 8.45. The van der Waals surface area contributed by atoms with Crippen LogP contribution in [0, 0.1) is 5.92 Å². The van der Waals surface area contributed by atoms with Crippen molar-refractivity contribution in [2.24, 2.45) is 5.92 Å². The van der Waals surface area contributed by atoms with Gasteiger partial charge in [0, 0.05) is 61.2 Å². The van der Waals surface area contributed by atoms with Gasteiger partial charge in [-0.1, -0.05) is 6.07 Å². The first kappa shape index (κ1) is 22.1. The lowest BCUT2D eigenvalue weighted by molar-refractivity contribution is 0.125. The van der Waals surface area contributed by atoms with Gasteiger partial charge in [-0.15, -0.1) is 11.3 Å². The molecule has 0 radical (unpaired) electrons. The number of thiophene rings is 1. The molecule has 2 saturated heterocycles. The van der Waals surface area contributed by atoms with Crippen LogP contribution in [-0.2, 0) is 0 Å². The summed E-state index contributed by atoms with van der Waals surface area (Å²) < 4.78 is 1.38. The van der Waals surface area contributed by atoms with Gasteiger partial charge in [0.25, 0.3) is 0 Å². The zero-order chi connectivity index (χ0) is 22.5. The predicted molar refractivity (Wildman–Crippen MR) is 136 cm³/mol. The number of pyridine rings is 1. The number of piperazine rings is 1. The topological polar surface area (TPSA) is 63.7 Å². The van der Waals surface area contributed by atoms with Crippen molar-refractivity contribution in [1.82, 2.24) is 20.3 Å². The SMILES string of the molecule is O=C(Nc1cccnc1)NN1CCC(CCN2CCN(c3cccc4sccc34)CC2)CC1. The van der Waals surface area contributed by atoms with Crippen LogP contribution in [0.5, 0.6) is 0 Å². The Morgan fingerprint density at radius 3 is 2.67 bits per heavy atom. The Kier molecular flexibility index (Phi) is 7.04. The van der Waals surface area contributed by atoms with E-state index in [1.54, 1.807) is 12.4 Å². The van der Waals surface area contributed by atoms with E-state index in [0.29, 0.717) is 5.69 Å². The normalized spacial score (nSPS) is 18.5. The molecular weight excluding hydrogens is 432 g/mol. The second kappa shape index (κ2) is 10.5. The number of nitrogens with zero attached hydrogens (tertiary/aromatic N) is 4. The molecule has 2 fully saturated rings. The molecule has 4 heterocycles.